The van der Waals surface area contributed by atoms with Crippen molar-refractivity contribution >= 4 is 44.6 Å². The lowest BCUT2D eigenvalue weighted by atomic mass is 10.1. The monoisotopic (exact) mass is 388 g/mol. The fourth-order valence-electron chi connectivity index (χ4n) is 3.52. The fourth-order valence-corrected chi connectivity index (χ4v) is 4.48. The van der Waals surface area contributed by atoms with Gasteiger partial charge in [-0.1, -0.05) is 18.2 Å². The summed E-state index contributed by atoms with van der Waals surface area (Å²) in [4.78, 5) is 27.7. The van der Waals surface area contributed by atoms with Gasteiger partial charge in [0.2, 0.25) is 0 Å². The second kappa shape index (κ2) is 6.65. The van der Waals surface area contributed by atoms with Gasteiger partial charge in [-0.3, -0.25) is 9.59 Å². The molecule has 0 saturated carbocycles. The van der Waals surface area contributed by atoms with E-state index in [-0.39, 0.29) is 11.8 Å². The Morgan fingerprint density at radius 1 is 1.07 bits per heavy atom. The van der Waals surface area contributed by atoms with Gasteiger partial charge in [0.15, 0.2) is 0 Å². The molecule has 0 aliphatic carbocycles. The summed E-state index contributed by atoms with van der Waals surface area (Å²) in [6.45, 7) is 0.618. The molecule has 2 amide bonds. The molecule has 1 N–H and O–H groups in total. The van der Waals surface area contributed by atoms with E-state index in [1.54, 1.807) is 11.0 Å². The van der Waals surface area contributed by atoms with Crippen molar-refractivity contribution in [2.75, 3.05) is 16.8 Å². The molecule has 3 heterocycles. The van der Waals surface area contributed by atoms with Crippen LogP contribution in [0.2, 0.25) is 0 Å². The van der Waals surface area contributed by atoms with E-state index in [1.807, 2.05) is 48.5 Å². The van der Waals surface area contributed by atoms with Crippen LogP contribution < -0.4 is 10.2 Å². The summed E-state index contributed by atoms with van der Waals surface area (Å²) in [5.41, 5.74) is 3.20. The number of nitrogens with one attached hydrogen (secondary N) is 1. The number of amides is 2. The fraction of sp³-hybridized carbons (Fsp3) is 0.0909. The highest BCUT2D eigenvalue weighted by atomic mass is 32.1. The molecule has 2 aromatic carbocycles. The van der Waals surface area contributed by atoms with Crippen molar-refractivity contribution in [2.24, 2.45) is 0 Å². The van der Waals surface area contributed by atoms with Gasteiger partial charge in [-0.05, 0) is 53.8 Å². The molecular formula is C22H16N2O3S. The molecular weight excluding hydrogens is 372 g/mol. The van der Waals surface area contributed by atoms with Crippen molar-refractivity contribution in [3.63, 3.8) is 0 Å². The van der Waals surface area contributed by atoms with Crippen LogP contribution in [0.1, 0.15) is 25.6 Å². The first-order chi connectivity index (χ1) is 13.7. The molecule has 4 aromatic rings. The second-order valence-corrected chi connectivity index (χ2v) is 7.75. The zero-order valence-electron chi connectivity index (χ0n) is 14.8. The summed E-state index contributed by atoms with van der Waals surface area (Å²) in [6.07, 6.45) is 3.71. The van der Waals surface area contributed by atoms with E-state index < -0.39 is 0 Å². The van der Waals surface area contributed by atoms with Gasteiger partial charge in [0.05, 0.1) is 16.7 Å². The van der Waals surface area contributed by atoms with E-state index in [9.17, 15) is 9.59 Å². The summed E-state index contributed by atoms with van der Waals surface area (Å²) in [6, 6.07) is 17.2. The number of carbonyl (C=O) groups excluding carboxylic acids is 2. The molecule has 0 spiro atoms. The predicted octanol–water partition coefficient (Wildman–Crippen LogP) is 4.95. The molecule has 0 unspecified atom stereocenters. The number of hydrogen-bond acceptors (Lipinski definition) is 4. The van der Waals surface area contributed by atoms with Crippen molar-refractivity contribution in [3.8, 4) is 0 Å². The number of carbonyl (C=O) groups is 2. The highest BCUT2D eigenvalue weighted by Gasteiger charge is 2.26. The van der Waals surface area contributed by atoms with Gasteiger partial charge < -0.3 is 14.6 Å². The minimum absolute atomic E-state index is 0.0745. The third kappa shape index (κ3) is 2.88. The maximum Gasteiger partial charge on any atom is 0.265 e. The largest absolute Gasteiger partial charge is 0.472 e. The highest BCUT2D eigenvalue weighted by Crippen LogP contribution is 2.32. The Labute approximate surface area is 165 Å². The Morgan fingerprint density at radius 2 is 1.96 bits per heavy atom. The number of furan rings is 1. The first kappa shape index (κ1) is 16.8. The Bertz CT molecular complexity index is 1160. The van der Waals surface area contributed by atoms with Crippen LogP contribution >= 0.6 is 11.3 Å². The number of rotatable bonds is 3. The first-order valence-electron chi connectivity index (χ1n) is 8.96. The molecule has 1 aliphatic heterocycles. The Hall–Kier alpha value is -3.38. The minimum atomic E-state index is -0.120. The van der Waals surface area contributed by atoms with Crippen LogP contribution in [0.5, 0.6) is 0 Å². The van der Waals surface area contributed by atoms with Crippen LogP contribution in [0.15, 0.2) is 71.5 Å². The third-order valence-corrected chi connectivity index (χ3v) is 6.01. The number of benzene rings is 2. The average molecular weight is 388 g/mol. The average Bonchev–Trinajstić information content (AvgIpc) is 3.45. The highest BCUT2D eigenvalue weighted by molar-refractivity contribution is 7.20. The third-order valence-electron chi connectivity index (χ3n) is 4.90. The van der Waals surface area contributed by atoms with Crippen LogP contribution in [0.25, 0.3) is 10.1 Å². The van der Waals surface area contributed by atoms with Crippen LogP contribution in [-0.2, 0) is 6.42 Å². The molecule has 0 atom stereocenters. The number of thiophene rings is 1. The van der Waals surface area contributed by atoms with E-state index in [2.05, 4.69) is 5.32 Å². The van der Waals surface area contributed by atoms with Gasteiger partial charge in [0.25, 0.3) is 11.8 Å². The van der Waals surface area contributed by atoms with Crippen molar-refractivity contribution in [1.29, 1.82) is 0 Å². The van der Waals surface area contributed by atoms with E-state index in [4.69, 9.17) is 4.42 Å². The standard InChI is InChI=1S/C22H16N2O3S/c25-21(20-12-15-3-1-2-4-19(15)28-20)23-17-5-6-18-14(11-17)7-9-24(18)22(26)16-8-10-27-13-16/h1-6,8,10-13H,7,9H2,(H,23,25). The quantitative estimate of drug-likeness (QED) is 0.540. The molecule has 1 aliphatic rings. The van der Waals surface area contributed by atoms with E-state index >= 15 is 0 Å². The first-order valence-corrected chi connectivity index (χ1v) is 9.77. The Kier molecular flexibility index (Phi) is 3.98. The summed E-state index contributed by atoms with van der Waals surface area (Å²) in [5, 5.41) is 4.04. The Morgan fingerprint density at radius 3 is 2.79 bits per heavy atom. The van der Waals surface area contributed by atoms with E-state index in [0.717, 1.165) is 33.4 Å². The number of hydrogen-bond donors (Lipinski definition) is 1. The zero-order chi connectivity index (χ0) is 19.1. The summed E-state index contributed by atoms with van der Waals surface area (Å²) in [7, 11) is 0. The number of fused-ring (bicyclic) bond motifs is 2. The predicted molar refractivity (Wildman–Crippen MR) is 110 cm³/mol. The number of nitrogens with zero attached hydrogens (tertiary/aromatic N) is 1. The van der Waals surface area contributed by atoms with Gasteiger partial charge in [0, 0.05) is 22.6 Å². The minimum Gasteiger partial charge on any atom is -0.472 e. The van der Waals surface area contributed by atoms with Crippen molar-refractivity contribution < 1.29 is 14.0 Å². The maximum atomic E-state index is 12.6. The van der Waals surface area contributed by atoms with Gasteiger partial charge in [-0.15, -0.1) is 11.3 Å². The van der Waals surface area contributed by atoms with Gasteiger partial charge in [0.1, 0.15) is 6.26 Å². The summed E-state index contributed by atoms with van der Waals surface area (Å²) < 4.78 is 6.11. The SMILES string of the molecule is O=C(Nc1ccc2c(c1)CCN2C(=O)c1ccoc1)c1cc2ccccc2s1. The molecule has 5 nitrogen and oxygen atoms in total. The molecule has 138 valence electrons. The summed E-state index contributed by atoms with van der Waals surface area (Å²) >= 11 is 1.48. The molecule has 5 rings (SSSR count). The molecule has 6 heteroatoms. The molecule has 28 heavy (non-hydrogen) atoms. The second-order valence-electron chi connectivity index (χ2n) is 6.66. The lowest BCUT2D eigenvalue weighted by Gasteiger charge is -2.16. The van der Waals surface area contributed by atoms with Crippen LogP contribution in [0, 0.1) is 0 Å². The normalized spacial score (nSPS) is 12.9. The van der Waals surface area contributed by atoms with E-state index in [1.165, 1.54) is 23.9 Å². The van der Waals surface area contributed by atoms with Crippen molar-refractivity contribution in [2.45, 2.75) is 6.42 Å². The Balaban J connectivity index is 1.36. The van der Waals surface area contributed by atoms with Crippen LogP contribution in [0.4, 0.5) is 11.4 Å². The van der Waals surface area contributed by atoms with Gasteiger partial charge >= 0.3 is 0 Å². The van der Waals surface area contributed by atoms with E-state index in [0.29, 0.717) is 17.0 Å². The zero-order valence-corrected chi connectivity index (χ0v) is 15.7. The van der Waals surface area contributed by atoms with Crippen molar-refractivity contribution in [3.05, 3.63) is 83.1 Å². The molecule has 0 radical (unpaired) electrons. The lowest BCUT2D eigenvalue weighted by molar-refractivity contribution is 0.0987. The lowest BCUT2D eigenvalue weighted by Crippen LogP contribution is -2.28. The summed E-state index contributed by atoms with van der Waals surface area (Å²) in [5.74, 6) is -0.194. The van der Waals surface area contributed by atoms with Crippen molar-refractivity contribution in [1.82, 2.24) is 0 Å². The van der Waals surface area contributed by atoms with Crippen LogP contribution in [-0.4, -0.2) is 18.4 Å². The number of anilines is 2. The molecule has 2 aromatic heterocycles. The topological polar surface area (TPSA) is 62.6 Å². The molecule has 0 saturated heterocycles. The maximum absolute atomic E-state index is 12.6. The molecule has 0 bridgehead atoms. The smallest absolute Gasteiger partial charge is 0.265 e. The molecule has 0 fully saturated rings. The van der Waals surface area contributed by atoms with Crippen LogP contribution in [0.3, 0.4) is 0 Å². The van der Waals surface area contributed by atoms with Gasteiger partial charge in [-0.2, -0.15) is 0 Å². The van der Waals surface area contributed by atoms with Gasteiger partial charge in [-0.25, -0.2) is 0 Å².